The highest BCUT2D eigenvalue weighted by atomic mass is 16.4. The molecule has 0 rings (SSSR count). The van der Waals surface area contributed by atoms with Crippen molar-refractivity contribution in [1.29, 1.82) is 0 Å². The van der Waals surface area contributed by atoms with E-state index < -0.39 is 5.97 Å². The summed E-state index contributed by atoms with van der Waals surface area (Å²) in [5.41, 5.74) is 5.39. The number of rotatable bonds is 27. The minimum atomic E-state index is -0.656. The number of allylic oxidation sites excluding steroid dienone is 2. The molecule has 0 atom stereocenters. The molecule has 0 aromatic heterocycles. The van der Waals surface area contributed by atoms with Gasteiger partial charge in [-0.05, 0) is 45.1 Å². The Balaban J connectivity index is 0. The first-order valence-corrected chi connectivity index (χ1v) is 15.8. The Morgan fingerprint density at radius 2 is 0.829 bits per heavy atom. The van der Waals surface area contributed by atoms with E-state index in [2.05, 4.69) is 26.0 Å². The molecule has 3 heteroatoms. The van der Waals surface area contributed by atoms with Gasteiger partial charge in [-0.3, -0.25) is 4.79 Å². The first kappa shape index (κ1) is 36.3. The van der Waals surface area contributed by atoms with Crippen LogP contribution in [0, 0.1) is 0 Å². The minimum absolute atomic E-state index is 0.340. The molecule has 0 aromatic carbocycles. The van der Waals surface area contributed by atoms with E-state index in [0.29, 0.717) is 6.42 Å². The third-order valence-corrected chi connectivity index (χ3v) is 6.71. The maximum absolute atomic E-state index is 10.4. The van der Waals surface area contributed by atoms with E-state index in [4.69, 9.17) is 10.8 Å². The highest BCUT2D eigenvalue weighted by molar-refractivity contribution is 5.66. The second-order valence-electron chi connectivity index (χ2n) is 10.4. The monoisotopic (exact) mass is 496 g/mol. The fraction of sp³-hybridized carbons (Fsp3) is 0.906. The Hall–Kier alpha value is -0.830. The molecular weight excluding hydrogens is 430 g/mol. The lowest BCUT2D eigenvalue weighted by Crippen LogP contribution is -1.97. The van der Waals surface area contributed by atoms with Crippen LogP contribution in [0.5, 0.6) is 0 Å². The summed E-state index contributed by atoms with van der Waals surface area (Å²) in [4.78, 5) is 10.4. The molecule has 3 nitrogen and oxygen atoms in total. The number of hydrogen-bond acceptors (Lipinski definition) is 2. The van der Waals surface area contributed by atoms with Crippen LogP contribution in [-0.2, 0) is 4.79 Å². The summed E-state index contributed by atoms with van der Waals surface area (Å²) in [5.74, 6) is -0.656. The maximum Gasteiger partial charge on any atom is 0.303 e. The quantitative estimate of drug-likeness (QED) is 0.0879. The van der Waals surface area contributed by atoms with Crippen LogP contribution >= 0.6 is 0 Å². The number of nitrogens with two attached hydrogens (primary N) is 1. The van der Waals surface area contributed by atoms with Gasteiger partial charge in [0.1, 0.15) is 0 Å². The lowest BCUT2D eigenvalue weighted by Gasteiger charge is -2.01. The van der Waals surface area contributed by atoms with Crippen LogP contribution in [-0.4, -0.2) is 17.6 Å². The third-order valence-electron chi connectivity index (χ3n) is 6.71. The first-order valence-electron chi connectivity index (χ1n) is 15.8. The zero-order valence-electron chi connectivity index (χ0n) is 24.2. The summed E-state index contributed by atoms with van der Waals surface area (Å²) in [7, 11) is 0. The van der Waals surface area contributed by atoms with Crippen LogP contribution in [0.25, 0.3) is 0 Å². The van der Waals surface area contributed by atoms with Gasteiger partial charge in [-0.2, -0.15) is 0 Å². The molecule has 3 N–H and O–H groups in total. The number of hydrogen-bond donors (Lipinski definition) is 2. The topological polar surface area (TPSA) is 63.3 Å². The Morgan fingerprint density at radius 1 is 0.514 bits per heavy atom. The molecule has 0 saturated heterocycles. The van der Waals surface area contributed by atoms with Crippen LogP contribution in [0.15, 0.2) is 12.2 Å². The molecule has 0 aliphatic carbocycles. The van der Waals surface area contributed by atoms with Gasteiger partial charge in [0.05, 0.1) is 0 Å². The maximum atomic E-state index is 10.4. The summed E-state index contributed by atoms with van der Waals surface area (Å²) in [6, 6.07) is 0. The van der Waals surface area contributed by atoms with Crippen molar-refractivity contribution >= 4 is 5.97 Å². The first-order chi connectivity index (χ1) is 17.2. The predicted molar refractivity (Wildman–Crippen MR) is 157 cm³/mol. The Morgan fingerprint density at radius 3 is 1.17 bits per heavy atom. The molecular formula is C32H65NO2. The van der Waals surface area contributed by atoms with Gasteiger partial charge in [-0.15, -0.1) is 0 Å². The molecule has 0 aromatic rings. The summed E-state index contributed by atoms with van der Waals surface area (Å²) in [6.45, 7) is 5.40. The zero-order chi connectivity index (χ0) is 26.1. The fourth-order valence-electron chi connectivity index (χ4n) is 4.33. The van der Waals surface area contributed by atoms with Crippen molar-refractivity contribution in [2.45, 2.75) is 181 Å². The van der Waals surface area contributed by atoms with E-state index in [1.807, 2.05) is 0 Å². The highest BCUT2D eigenvalue weighted by Crippen LogP contribution is 2.12. The molecule has 0 fully saturated rings. The summed E-state index contributed by atoms with van der Waals surface area (Å²) in [6.07, 6.45) is 38.1. The summed E-state index contributed by atoms with van der Waals surface area (Å²) >= 11 is 0. The van der Waals surface area contributed by atoms with Gasteiger partial charge in [0.2, 0.25) is 0 Å². The number of unbranched alkanes of at least 4 members (excludes halogenated alkanes) is 22. The predicted octanol–water partition coefficient (Wildman–Crippen LogP) is 10.8. The molecule has 0 amide bonds. The van der Waals surface area contributed by atoms with Crippen LogP contribution in [0.4, 0.5) is 0 Å². The number of carboxylic acids is 1. The number of carbonyl (C=O) groups is 1. The Labute approximate surface area is 221 Å². The lowest BCUT2D eigenvalue weighted by atomic mass is 10.1. The van der Waals surface area contributed by atoms with Crippen molar-refractivity contribution in [1.82, 2.24) is 0 Å². The average molecular weight is 496 g/mol. The molecule has 0 unspecified atom stereocenters. The van der Waals surface area contributed by atoms with E-state index in [-0.39, 0.29) is 0 Å². The average Bonchev–Trinajstić information content (AvgIpc) is 2.85. The van der Waals surface area contributed by atoms with Gasteiger partial charge in [0, 0.05) is 6.42 Å². The molecule has 210 valence electrons. The summed E-state index contributed by atoms with van der Waals surface area (Å²) < 4.78 is 0. The zero-order valence-corrected chi connectivity index (χ0v) is 24.2. The van der Waals surface area contributed by atoms with E-state index in [9.17, 15) is 4.79 Å². The molecule has 0 bridgehead atoms. The number of carboxylic acid groups (broad SMARTS) is 1. The fourth-order valence-corrected chi connectivity index (χ4v) is 4.33. The molecule has 0 aliphatic rings. The smallest absolute Gasteiger partial charge is 0.303 e. The molecule has 0 aliphatic heterocycles. The Kier molecular flexibility index (Phi) is 36.7. The van der Waals surface area contributed by atoms with Crippen LogP contribution < -0.4 is 5.73 Å². The molecule has 35 heavy (non-hydrogen) atoms. The van der Waals surface area contributed by atoms with Crippen molar-refractivity contribution in [3.05, 3.63) is 12.2 Å². The molecule has 0 heterocycles. The van der Waals surface area contributed by atoms with Gasteiger partial charge >= 0.3 is 5.97 Å². The SMILES string of the molecule is CCCCCCCC/C=C\CCCCCCCCCCCC(=O)O.CCCCCCCCCCN. The largest absolute Gasteiger partial charge is 0.481 e. The van der Waals surface area contributed by atoms with Crippen molar-refractivity contribution in [3.63, 3.8) is 0 Å². The van der Waals surface area contributed by atoms with Gasteiger partial charge in [-0.1, -0.05) is 148 Å². The Bertz CT molecular complexity index is 400. The van der Waals surface area contributed by atoms with Crippen LogP contribution in [0.3, 0.4) is 0 Å². The van der Waals surface area contributed by atoms with Gasteiger partial charge < -0.3 is 10.8 Å². The standard InChI is InChI=1S/C22H42O2.C10H23N/c1-2-3-4-5-6-7-8-9-10-11-12-13-14-15-16-17-18-19-20-21-22(23)24;1-2-3-4-5-6-7-8-9-10-11/h9-10H,2-8,11-21H2,1H3,(H,23,24);2-11H2,1H3/b10-9-;. The normalized spacial score (nSPS) is 11.1. The molecule has 0 spiro atoms. The van der Waals surface area contributed by atoms with Crippen molar-refractivity contribution in [2.75, 3.05) is 6.54 Å². The summed E-state index contributed by atoms with van der Waals surface area (Å²) in [5, 5.41) is 8.55. The van der Waals surface area contributed by atoms with Crippen molar-refractivity contribution in [3.8, 4) is 0 Å². The van der Waals surface area contributed by atoms with Crippen molar-refractivity contribution < 1.29 is 9.90 Å². The number of aliphatic carboxylic acids is 1. The minimum Gasteiger partial charge on any atom is -0.481 e. The second kappa shape index (κ2) is 35.3. The van der Waals surface area contributed by atoms with Gasteiger partial charge in [0.25, 0.3) is 0 Å². The van der Waals surface area contributed by atoms with Crippen molar-refractivity contribution in [2.24, 2.45) is 5.73 Å². The highest BCUT2D eigenvalue weighted by Gasteiger charge is 1.96. The van der Waals surface area contributed by atoms with E-state index in [1.165, 1.54) is 148 Å². The molecule has 0 radical (unpaired) electrons. The van der Waals surface area contributed by atoms with E-state index in [0.717, 1.165) is 19.4 Å². The van der Waals surface area contributed by atoms with Gasteiger partial charge in [-0.25, -0.2) is 0 Å². The lowest BCUT2D eigenvalue weighted by molar-refractivity contribution is -0.137. The second-order valence-corrected chi connectivity index (χ2v) is 10.4. The van der Waals surface area contributed by atoms with E-state index in [1.54, 1.807) is 0 Å². The van der Waals surface area contributed by atoms with Crippen LogP contribution in [0.2, 0.25) is 0 Å². The van der Waals surface area contributed by atoms with Crippen LogP contribution in [0.1, 0.15) is 181 Å². The third kappa shape index (κ3) is 40.6. The van der Waals surface area contributed by atoms with E-state index >= 15 is 0 Å². The van der Waals surface area contributed by atoms with Gasteiger partial charge in [0.15, 0.2) is 0 Å². The molecule has 0 saturated carbocycles.